The van der Waals surface area contributed by atoms with Crippen LogP contribution in [0, 0.1) is 13.8 Å². The van der Waals surface area contributed by atoms with Crippen LogP contribution in [0.3, 0.4) is 0 Å². The molecule has 0 atom stereocenters. The number of anilines is 2. The predicted octanol–water partition coefficient (Wildman–Crippen LogP) is 6.75. The van der Waals surface area contributed by atoms with E-state index < -0.39 is 0 Å². The zero-order chi connectivity index (χ0) is 30.5. The number of benzene rings is 3. The van der Waals surface area contributed by atoms with E-state index >= 15 is 0 Å². The zero-order valence-electron chi connectivity index (χ0n) is 23.5. The minimum Gasteiger partial charge on any atom is -0.325 e. The molecule has 0 unspecified atom stereocenters. The van der Waals surface area contributed by atoms with Crippen LogP contribution in [0.5, 0.6) is 0 Å². The molecule has 6 aromatic rings. The maximum absolute atomic E-state index is 12.7. The van der Waals surface area contributed by atoms with Gasteiger partial charge in [-0.3, -0.25) is 9.59 Å². The van der Waals surface area contributed by atoms with E-state index in [1.165, 1.54) is 46.2 Å². The molecule has 3 aromatic heterocycles. The zero-order valence-corrected chi connectivity index (χ0v) is 26.7. The van der Waals surface area contributed by atoms with Crippen molar-refractivity contribution in [2.45, 2.75) is 22.5 Å². The Hall–Kier alpha value is -4.24. The Balaban J connectivity index is 1.20. The smallest absolute Gasteiger partial charge is 0.234 e. The number of hydrogen-bond donors (Lipinski definition) is 2. The first-order valence-corrected chi connectivity index (χ1v) is 16.9. The van der Waals surface area contributed by atoms with Gasteiger partial charge < -0.3 is 10.6 Å². The van der Waals surface area contributed by atoms with Gasteiger partial charge in [0, 0.05) is 27.9 Å². The van der Waals surface area contributed by atoms with Gasteiger partial charge in [0.15, 0.2) is 14.5 Å². The van der Waals surface area contributed by atoms with Crippen LogP contribution in [-0.2, 0) is 9.59 Å². The van der Waals surface area contributed by atoms with Crippen LogP contribution in [-0.4, -0.2) is 53.7 Å². The highest BCUT2D eigenvalue weighted by atomic mass is 32.2. The Kier molecular flexibility index (Phi) is 9.21. The summed E-state index contributed by atoms with van der Waals surface area (Å²) in [5.41, 5.74) is 4.57. The number of thioether (sulfide) groups is 2. The van der Waals surface area contributed by atoms with E-state index in [0.29, 0.717) is 17.2 Å². The molecule has 0 spiro atoms. The lowest BCUT2D eigenvalue weighted by Gasteiger charge is -2.12. The minimum absolute atomic E-state index is 0.124. The van der Waals surface area contributed by atoms with E-state index in [1.807, 2.05) is 86.6 Å². The Morgan fingerprint density at radius 1 is 0.682 bits per heavy atom. The summed E-state index contributed by atoms with van der Waals surface area (Å²) in [6.07, 6.45) is 0. The molecule has 0 aliphatic heterocycles. The molecule has 0 saturated heterocycles. The number of nitrogens with one attached hydrogen (secondary N) is 2. The second kappa shape index (κ2) is 13.6. The first-order chi connectivity index (χ1) is 21.4. The third kappa shape index (κ3) is 7.45. The second-order valence-corrected chi connectivity index (χ2v) is 14.2. The fourth-order valence-electron chi connectivity index (χ4n) is 4.18. The van der Waals surface area contributed by atoms with Crippen molar-refractivity contribution in [2.75, 3.05) is 22.1 Å². The number of carbonyl (C=O) groups is 2. The molecule has 2 amide bonds. The van der Waals surface area contributed by atoms with Gasteiger partial charge in [0.2, 0.25) is 11.8 Å². The lowest BCUT2D eigenvalue weighted by molar-refractivity contribution is -0.114. The summed E-state index contributed by atoms with van der Waals surface area (Å²) in [5.74, 6) is 0.765. The summed E-state index contributed by atoms with van der Waals surface area (Å²) >= 11 is 5.64. The van der Waals surface area contributed by atoms with E-state index in [-0.39, 0.29) is 23.3 Å². The lowest BCUT2D eigenvalue weighted by Crippen LogP contribution is -2.14. The third-order valence-corrected chi connectivity index (χ3v) is 10.1. The number of hydrogen-bond acceptors (Lipinski definition) is 12. The first kappa shape index (κ1) is 29.8. The molecule has 0 fully saturated rings. The van der Waals surface area contributed by atoms with Gasteiger partial charge in [-0.1, -0.05) is 76.5 Å². The van der Waals surface area contributed by atoms with Crippen LogP contribution < -0.4 is 10.6 Å². The molecular weight excluding hydrogens is 633 g/mol. The molecule has 3 heterocycles. The second-order valence-electron chi connectivity index (χ2n) is 9.42. The minimum atomic E-state index is -0.137. The van der Waals surface area contributed by atoms with Crippen molar-refractivity contribution in [3.8, 4) is 22.6 Å². The maximum atomic E-state index is 12.7. The average Bonchev–Trinajstić information content (AvgIpc) is 3.66. The molecule has 44 heavy (non-hydrogen) atoms. The summed E-state index contributed by atoms with van der Waals surface area (Å²) in [6, 6.07) is 22.9. The predicted molar refractivity (Wildman–Crippen MR) is 178 cm³/mol. The highest BCUT2D eigenvalue weighted by molar-refractivity contribution is 8.01. The summed E-state index contributed by atoms with van der Waals surface area (Å²) in [7, 11) is 0. The SMILES string of the molecule is Cc1nnc(SCC(=O)Nc2ccc(-c3nc(-c4ccccc4)c4cc(NC(=O)CSc5nnc(C)s5)ccc4n3)cc2)s1. The van der Waals surface area contributed by atoms with Crippen molar-refractivity contribution in [1.29, 1.82) is 0 Å². The summed E-state index contributed by atoms with van der Waals surface area (Å²) in [6.45, 7) is 3.77. The summed E-state index contributed by atoms with van der Waals surface area (Å²) in [4.78, 5) is 34.9. The van der Waals surface area contributed by atoms with Crippen LogP contribution in [0.25, 0.3) is 33.5 Å². The molecule has 0 aliphatic rings. The molecule has 14 heteroatoms. The number of fused-ring (bicyclic) bond motifs is 1. The fourth-order valence-corrected chi connectivity index (χ4v) is 7.41. The molecule has 0 aliphatic carbocycles. The Labute approximate surface area is 269 Å². The third-order valence-electron chi connectivity index (χ3n) is 6.12. The van der Waals surface area contributed by atoms with E-state index in [1.54, 1.807) is 0 Å². The van der Waals surface area contributed by atoms with E-state index in [2.05, 4.69) is 31.0 Å². The van der Waals surface area contributed by atoms with Gasteiger partial charge in [-0.15, -0.1) is 20.4 Å². The number of nitrogens with zero attached hydrogens (tertiary/aromatic N) is 6. The number of aromatic nitrogens is 6. The van der Waals surface area contributed by atoms with Gasteiger partial charge in [-0.2, -0.15) is 0 Å². The standard InChI is InChI=1S/C30H24N8O2S4/c1-17-35-37-29(43-17)41-15-25(39)31-21-10-8-20(9-11-21)28-33-24-13-12-22(32-26(40)16-42-30-38-36-18(2)44-30)14-23(24)27(34-28)19-6-4-3-5-7-19/h3-14H,15-16H2,1-2H3,(H,31,39)(H,32,40). The van der Waals surface area contributed by atoms with Crippen molar-refractivity contribution in [2.24, 2.45) is 0 Å². The van der Waals surface area contributed by atoms with Crippen LogP contribution in [0.15, 0.2) is 81.5 Å². The Bertz CT molecular complexity index is 1940. The molecule has 0 bridgehead atoms. The number of carbonyl (C=O) groups excluding carboxylic acids is 2. The average molecular weight is 657 g/mol. The van der Waals surface area contributed by atoms with Crippen LogP contribution in [0.2, 0.25) is 0 Å². The molecular formula is C30H24N8O2S4. The van der Waals surface area contributed by atoms with Crippen molar-refractivity contribution in [1.82, 2.24) is 30.4 Å². The highest BCUT2D eigenvalue weighted by Crippen LogP contribution is 2.32. The van der Waals surface area contributed by atoms with E-state index in [9.17, 15) is 9.59 Å². The summed E-state index contributed by atoms with van der Waals surface area (Å²) in [5, 5.41) is 24.5. The highest BCUT2D eigenvalue weighted by Gasteiger charge is 2.14. The molecule has 6 rings (SSSR count). The van der Waals surface area contributed by atoms with Crippen molar-refractivity contribution < 1.29 is 9.59 Å². The first-order valence-electron chi connectivity index (χ1n) is 13.3. The van der Waals surface area contributed by atoms with Gasteiger partial charge in [-0.05, 0) is 56.3 Å². The maximum Gasteiger partial charge on any atom is 0.234 e. The van der Waals surface area contributed by atoms with Crippen LogP contribution >= 0.6 is 46.2 Å². The Morgan fingerprint density at radius 2 is 1.27 bits per heavy atom. The number of aryl methyl sites for hydroxylation is 2. The quantitative estimate of drug-likeness (QED) is 0.153. The molecule has 2 N–H and O–H groups in total. The largest absolute Gasteiger partial charge is 0.325 e. The van der Waals surface area contributed by atoms with Gasteiger partial charge in [0.05, 0.1) is 22.7 Å². The van der Waals surface area contributed by atoms with Crippen LogP contribution in [0.1, 0.15) is 10.0 Å². The van der Waals surface area contributed by atoms with Gasteiger partial charge in [-0.25, -0.2) is 9.97 Å². The van der Waals surface area contributed by atoms with Gasteiger partial charge >= 0.3 is 0 Å². The molecule has 10 nitrogen and oxygen atoms in total. The number of rotatable bonds is 10. The topological polar surface area (TPSA) is 136 Å². The monoisotopic (exact) mass is 656 g/mol. The van der Waals surface area contributed by atoms with Gasteiger partial charge in [0.1, 0.15) is 10.0 Å². The lowest BCUT2D eigenvalue weighted by atomic mass is 10.0. The fraction of sp³-hybridized carbons (Fsp3) is 0.133. The van der Waals surface area contributed by atoms with E-state index in [0.717, 1.165) is 46.4 Å². The molecule has 0 saturated carbocycles. The van der Waals surface area contributed by atoms with Crippen molar-refractivity contribution in [3.63, 3.8) is 0 Å². The van der Waals surface area contributed by atoms with Crippen LogP contribution in [0.4, 0.5) is 11.4 Å². The van der Waals surface area contributed by atoms with Gasteiger partial charge in [0.25, 0.3) is 0 Å². The molecule has 3 aromatic carbocycles. The number of amides is 2. The molecule has 0 radical (unpaired) electrons. The van der Waals surface area contributed by atoms with Crippen molar-refractivity contribution in [3.05, 3.63) is 82.8 Å². The Morgan fingerprint density at radius 3 is 1.86 bits per heavy atom. The van der Waals surface area contributed by atoms with Crippen molar-refractivity contribution >= 4 is 80.3 Å². The van der Waals surface area contributed by atoms with E-state index in [4.69, 9.17) is 9.97 Å². The summed E-state index contributed by atoms with van der Waals surface area (Å²) < 4.78 is 1.53. The molecule has 220 valence electrons. The normalized spacial score (nSPS) is 11.0.